The van der Waals surface area contributed by atoms with Gasteiger partial charge in [-0.2, -0.15) is 18.4 Å². The molecule has 2 aromatic carbocycles. The highest BCUT2D eigenvalue weighted by molar-refractivity contribution is 9.10. The van der Waals surface area contributed by atoms with Gasteiger partial charge in [0.15, 0.2) is 0 Å². The van der Waals surface area contributed by atoms with Gasteiger partial charge in [0, 0.05) is 10.0 Å². The zero-order chi connectivity index (χ0) is 19.6. The Balaban J connectivity index is 1.95. The number of furan rings is 1. The Morgan fingerprint density at radius 2 is 1.78 bits per heavy atom. The van der Waals surface area contributed by atoms with E-state index in [0.717, 1.165) is 10.5 Å². The molecule has 0 spiro atoms. The number of halogens is 5. The van der Waals surface area contributed by atoms with Crippen molar-refractivity contribution in [3.63, 3.8) is 0 Å². The Kier molecular flexibility index (Phi) is 5.45. The summed E-state index contributed by atoms with van der Waals surface area (Å²) in [5, 5.41) is 9.00. The van der Waals surface area contributed by atoms with Crippen LogP contribution >= 0.6 is 27.5 Å². The summed E-state index contributed by atoms with van der Waals surface area (Å²) in [5.41, 5.74) is 0.385. The average molecular weight is 453 g/mol. The molecule has 0 unspecified atom stereocenters. The quantitative estimate of drug-likeness (QED) is 0.387. The summed E-state index contributed by atoms with van der Waals surface area (Å²) >= 11 is 8.97. The van der Waals surface area contributed by atoms with Crippen molar-refractivity contribution in [1.29, 1.82) is 5.26 Å². The van der Waals surface area contributed by atoms with Gasteiger partial charge in [-0.05, 0) is 54.1 Å². The maximum atomic E-state index is 13.0. The molecule has 2 nitrogen and oxygen atoms in total. The highest BCUT2D eigenvalue weighted by Crippen LogP contribution is 2.37. The second kappa shape index (κ2) is 7.63. The minimum atomic E-state index is -4.56. The molecule has 7 heteroatoms. The first-order valence-electron chi connectivity index (χ1n) is 7.62. The van der Waals surface area contributed by atoms with Gasteiger partial charge in [-0.15, -0.1) is 0 Å². The van der Waals surface area contributed by atoms with Crippen LogP contribution in [0.4, 0.5) is 13.2 Å². The fourth-order valence-corrected chi connectivity index (χ4v) is 2.92. The molecular formula is C20H10BrClF3NO. The van der Waals surface area contributed by atoms with Crippen molar-refractivity contribution in [2.24, 2.45) is 0 Å². The molecule has 0 N–H and O–H groups in total. The zero-order valence-corrected chi connectivity index (χ0v) is 15.9. The summed E-state index contributed by atoms with van der Waals surface area (Å²) in [5.74, 6) is 0.601. The first kappa shape index (κ1) is 19.3. The summed E-state index contributed by atoms with van der Waals surface area (Å²) in [4.78, 5) is 0. The van der Waals surface area contributed by atoms with Gasteiger partial charge < -0.3 is 4.42 Å². The third-order valence-corrected chi connectivity index (χ3v) is 4.60. The predicted molar refractivity (Wildman–Crippen MR) is 102 cm³/mol. The normalized spacial score (nSPS) is 12.1. The molecule has 0 saturated heterocycles. The number of nitriles is 1. The number of alkyl halides is 3. The fraction of sp³-hybridized carbons (Fsp3) is 0.0500. The van der Waals surface area contributed by atoms with Crippen LogP contribution in [0.25, 0.3) is 23.0 Å². The van der Waals surface area contributed by atoms with E-state index in [1.165, 1.54) is 18.2 Å². The van der Waals surface area contributed by atoms with Gasteiger partial charge >= 0.3 is 6.18 Å². The number of hydrogen-bond donors (Lipinski definition) is 0. The van der Waals surface area contributed by atoms with E-state index in [0.29, 0.717) is 16.9 Å². The van der Waals surface area contributed by atoms with Gasteiger partial charge in [0.2, 0.25) is 0 Å². The van der Waals surface area contributed by atoms with E-state index in [9.17, 15) is 18.4 Å². The van der Waals surface area contributed by atoms with Crippen molar-refractivity contribution in [3.8, 4) is 17.4 Å². The molecule has 1 aromatic heterocycles. The number of allylic oxidation sites excluding steroid dienone is 1. The standard InChI is InChI=1S/C20H10BrClF3NO/c21-15-4-1-12(2-5-15)14(11-26)9-16-6-8-19(27-16)13-3-7-18(22)17(10-13)20(23,24)25/h1-10H/b14-9+. The molecule has 3 rings (SSSR count). The van der Waals surface area contributed by atoms with Crippen molar-refractivity contribution in [1.82, 2.24) is 0 Å². The SMILES string of the molecule is N#C/C(=C\c1ccc(-c2ccc(Cl)c(C(F)(F)F)c2)o1)c1ccc(Br)cc1. The first-order chi connectivity index (χ1) is 12.8. The van der Waals surface area contributed by atoms with E-state index in [-0.39, 0.29) is 16.3 Å². The van der Waals surface area contributed by atoms with Gasteiger partial charge in [0.05, 0.1) is 22.2 Å². The van der Waals surface area contributed by atoms with Crippen molar-refractivity contribution < 1.29 is 17.6 Å². The van der Waals surface area contributed by atoms with Gasteiger partial charge in [-0.25, -0.2) is 0 Å². The summed E-state index contributed by atoms with van der Waals surface area (Å²) in [7, 11) is 0. The Hall–Kier alpha value is -2.49. The first-order valence-corrected chi connectivity index (χ1v) is 8.80. The van der Waals surface area contributed by atoms with E-state index >= 15 is 0 Å². The van der Waals surface area contributed by atoms with Crippen LogP contribution in [0.2, 0.25) is 5.02 Å². The highest BCUT2D eigenvalue weighted by atomic mass is 79.9. The predicted octanol–water partition coefficient (Wildman–Crippen LogP) is 7.45. The Bertz CT molecular complexity index is 1050. The molecule has 0 saturated carbocycles. The summed E-state index contributed by atoms with van der Waals surface area (Å²) in [6.45, 7) is 0. The topological polar surface area (TPSA) is 36.9 Å². The molecule has 0 aliphatic carbocycles. The molecular weight excluding hydrogens is 443 g/mol. The van der Waals surface area contributed by atoms with Crippen LogP contribution in [0.15, 0.2) is 63.5 Å². The molecule has 3 aromatic rings. The number of benzene rings is 2. The Labute approximate surface area is 166 Å². The van der Waals surface area contributed by atoms with Gasteiger partial charge in [-0.1, -0.05) is 39.7 Å². The number of nitrogens with zero attached hydrogens (tertiary/aromatic N) is 1. The second-order valence-electron chi connectivity index (χ2n) is 5.57. The van der Waals surface area contributed by atoms with Crippen LogP contribution in [-0.2, 0) is 6.18 Å². The van der Waals surface area contributed by atoms with E-state index in [4.69, 9.17) is 16.0 Å². The fourth-order valence-electron chi connectivity index (χ4n) is 2.43. The van der Waals surface area contributed by atoms with Crippen LogP contribution in [0, 0.1) is 11.3 Å². The van der Waals surface area contributed by atoms with Crippen molar-refractivity contribution in [2.45, 2.75) is 6.18 Å². The molecule has 0 atom stereocenters. The van der Waals surface area contributed by atoms with Crippen LogP contribution in [0.5, 0.6) is 0 Å². The lowest BCUT2D eigenvalue weighted by Crippen LogP contribution is -2.05. The van der Waals surface area contributed by atoms with Gasteiger partial charge in [-0.3, -0.25) is 0 Å². The van der Waals surface area contributed by atoms with Crippen molar-refractivity contribution in [2.75, 3.05) is 0 Å². The lowest BCUT2D eigenvalue weighted by molar-refractivity contribution is -0.137. The molecule has 0 aliphatic heterocycles. The molecule has 27 heavy (non-hydrogen) atoms. The van der Waals surface area contributed by atoms with Gasteiger partial charge in [0.25, 0.3) is 0 Å². The zero-order valence-electron chi connectivity index (χ0n) is 13.5. The maximum absolute atomic E-state index is 13.0. The van der Waals surface area contributed by atoms with Crippen LogP contribution < -0.4 is 0 Å². The minimum Gasteiger partial charge on any atom is -0.457 e. The third-order valence-electron chi connectivity index (χ3n) is 3.75. The average Bonchev–Trinajstić information content (AvgIpc) is 3.08. The highest BCUT2D eigenvalue weighted by Gasteiger charge is 2.33. The molecule has 0 aliphatic rings. The van der Waals surface area contributed by atoms with Crippen molar-refractivity contribution in [3.05, 3.63) is 81.0 Å². The van der Waals surface area contributed by atoms with Gasteiger partial charge in [0.1, 0.15) is 11.5 Å². The number of hydrogen-bond acceptors (Lipinski definition) is 2. The maximum Gasteiger partial charge on any atom is 0.417 e. The monoisotopic (exact) mass is 451 g/mol. The molecule has 0 radical (unpaired) electrons. The molecule has 136 valence electrons. The van der Waals surface area contributed by atoms with Crippen LogP contribution in [-0.4, -0.2) is 0 Å². The second-order valence-corrected chi connectivity index (χ2v) is 6.89. The Morgan fingerprint density at radius 3 is 2.41 bits per heavy atom. The van der Waals surface area contributed by atoms with Crippen LogP contribution in [0.3, 0.4) is 0 Å². The summed E-state index contributed by atoms with van der Waals surface area (Å²) in [6, 6.07) is 16.0. The van der Waals surface area contributed by atoms with Crippen LogP contribution in [0.1, 0.15) is 16.9 Å². The minimum absolute atomic E-state index is 0.244. The van der Waals surface area contributed by atoms with E-state index in [1.54, 1.807) is 36.4 Å². The molecule has 0 bridgehead atoms. The summed E-state index contributed by atoms with van der Waals surface area (Å²) < 4.78 is 45.5. The molecule has 0 amide bonds. The summed E-state index contributed by atoms with van der Waals surface area (Å²) in [6.07, 6.45) is -3.02. The molecule has 1 heterocycles. The number of rotatable bonds is 3. The lowest BCUT2D eigenvalue weighted by Gasteiger charge is -2.09. The van der Waals surface area contributed by atoms with E-state index in [2.05, 4.69) is 22.0 Å². The van der Waals surface area contributed by atoms with E-state index < -0.39 is 11.7 Å². The lowest BCUT2D eigenvalue weighted by atomic mass is 10.1. The molecule has 0 fully saturated rings. The van der Waals surface area contributed by atoms with E-state index in [1.807, 2.05) is 0 Å². The third kappa shape index (κ3) is 4.44. The Morgan fingerprint density at radius 1 is 1.07 bits per heavy atom. The largest absolute Gasteiger partial charge is 0.457 e. The smallest absolute Gasteiger partial charge is 0.417 e. The van der Waals surface area contributed by atoms with Crippen molar-refractivity contribution >= 4 is 39.2 Å².